The van der Waals surface area contributed by atoms with Gasteiger partial charge in [-0.3, -0.25) is 14.0 Å². The molecular weight excluding hydrogens is 424 g/mol. The maximum atomic E-state index is 13.6. The molecule has 0 fully saturated rings. The molecule has 2 atom stereocenters. The molecule has 1 N–H and O–H groups in total. The number of pyridine rings is 2. The maximum Gasteiger partial charge on any atom is 0.258 e. The summed E-state index contributed by atoms with van der Waals surface area (Å²) in [4.78, 5) is 23.9. The lowest BCUT2D eigenvalue weighted by Gasteiger charge is -2.18. The average molecular weight is 453 g/mol. The standard InChI is InChI=1S/C24H28N4O3S/c1-15-13-19(14-16(2)25-15)26-23(29)21-11-12-22(28(4)5)27-24(21)32(30)17(3)18-7-9-20(31-6)10-8-18/h7-14,17H,1-6H3,(H,25,26,29). The summed E-state index contributed by atoms with van der Waals surface area (Å²) in [5.74, 6) is 0.989. The summed E-state index contributed by atoms with van der Waals surface area (Å²) >= 11 is 0. The Morgan fingerprint density at radius 1 is 1.03 bits per heavy atom. The molecule has 0 radical (unpaired) electrons. The highest BCUT2D eigenvalue weighted by Crippen LogP contribution is 2.29. The van der Waals surface area contributed by atoms with Gasteiger partial charge in [-0.1, -0.05) is 12.1 Å². The summed E-state index contributed by atoms with van der Waals surface area (Å²) in [7, 11) is 3.74. The van der Waals surface area contributed by atoms with E-state index in [4.69, 9.17) is 4.74 Å². The van der Waals surface area contributed by atoms with Gasteiger partial charge < -0.3 is 15.0 Å². The topological polar surface area (TPSA) is 84.4 Å². The Balaban J connectivity index is 1.97. The SMILES string of the molecule is COc1ccc(C(C)S(=O)c2nc(N(C)C)ccc2C(=O)Nc2cc(C)nc(C)c2)cc1. The Kier molecular flexibility index (Phi) is 7.25. The summed E-state index contributed by atoms with van der Waals surface area (Å²) in [6.07, 6.45) is 0. The van der Waals surface area contributed by atoms with Crippen molar-refractivity contribution in [3.8, 4) is 5.75 Å². The molecule has 0 spiro atoms. The van der Waals surface area contributed by atoms with Gasteiger partial charge in [-0.25, -0.2) is 4.98 Å². The number of anilines is 2. The highest BCUT2D eigenvalue weighted by atomic mass is 32.2. The van der Waals surface area contributed by atoms with Crippen LogP contribution in [0.4, 0.5) is 11.5 Å². The highest BCUT2D eigenvalue weighted by Gasteiger charge is 2.24. The van der Waals surface area contributed by atoms with E-state index >= 15 is 0 Å². The fraction of sp³-hybridized carbons (Fsp3) is 0.292. The Bertz CT molecular complexity index is 1130. The van der Waals surface area contributed by atoms with Gasteiger partial charge in [-0.05, 0) is 62.7 Å². The predicted molar refractivity (Wildman–Crippen MR) is 128 cm³/mol. The maximum absolute atomic E-state index is 13.6. The van der Waals surface area contributed by atoms with Crippen molar-refractivity contribution in [3.63, 3.8) is 0 Å². The number of amides is 1. The van der Waals surface area contributed by atoms with E-state index in [0.29, 0.717) is 11.5 Å². The van der Waals surface area contributed by atoms with E-state index in [1.165, 1.54) is 0 Å². The number of carbonyl (C=O) groups is 1. The molecular formula is C24H28N4O3S. The summed E-state index contributed by atoms with van der Waals surface area (Å²) in [6.45, 7) is 5.60. The molecule has 168 valence electrons. The average Bonchev–Trinajstić information content (AvgIpc) is 2.77. The molecule has 2 unspecified atom stereocenters. The second-order valence-corrected chi connectivity index (χ2v) is 9.41. The molecule has 3 rings (SSSR count). The van der Waals surface area contributed by atoms with Crippen molar-refractivity contribution in [2.75, 3.05) is 31.4 Å². The van der Waals surface area contributed by atoms with Crippen molar-refractivity contribution in [1.29, 1.82) is 0 Å². The van der Waals surface area contributed by atoms with Crippen LogP contribution in [0, 0.1) is 13.8 Å². The Morgan fingerprint density at radius 2 is 1.66 bits per heavy atom. The zero-order valence-corrected chi connectivity index (χ0v) is 20.0. The van der Waals surface area contributed by atoms with Crippen molar-refractivity contribution >= 4 is 28.2 Å². The molecule has 0 aliphatic heterocycles. The molecule has 0 bridgehead atoms. The van der Waals surface area contributed by atoms with E-state index in [-0.39, 0.29) is 21.7 Å². The lowest BCUT2D eigenvalue weighted by atomic mass is 10.1. The third-order valence-corrected chi connectivity index (χ3v) is 6.59. The van der Waals surface area contributed by atoms with Gasteiger partial charge >= 0.3 is 0 Å². The quantitative estimate of drug-likeness (QED) is 0.576. The molecule has 7 nitrogen and oxygen atoms in total. The Morgan fingerprint density at radius 3 is 2.22 bits per heavy atom. The van der Waals surface area contributed by atoms with Crippen molar-refractivity contribution in [2.24, 2.45) is 0 Å². The van der Waals surface area contributed by atoms with Gasteiger partial charge in [-0.15, -0.1) is 0 Å². The van der Waals surface area contributed by atoms with Crippen molar-refractivity contribution in [2.45, 2.75) is 31.0 Å². The van der Waals surface area contributed by atoms with E-state index < -0.39 is 10.8 Å². The molecule has 0 aliphatic rings. The van der Waals surface area contributed by atoms with Gasteiger partial charge in [0.25, 0.3) is 5.91 Å². The first-order valence-corrected chi connectivity index (χ1v) is 11.4. The van der Waals surface area contributed by atoms with Crippen molar-refractivity contribution in [1.82, 2.24) is 9.97 Å². The molecule has 0 saturated carbocycles. The third kappa shape index (κ3) is 5.31. The van der Waals surface area contributed by atoms with Gasteiger partial charge in [0, 0.05) is 31.2 Å². The summed E-state index contributed by atoms with van der Waals surface area (Å²) in [6, 6.07) is 14.4. The second-order valence-electron chi connectivity index (χ2n) is 7.72. The molecule has 32 heavy (non-hydrogen) atoms. The zero-order chi connectivity index (χ0) is 23.4. The molecule has 8 heteroatoms. The summed E-state index contributed by atoms with van der Waals surface area (Å²) < 4.78 is 18.8. The van der Waals surface area contributed by atoms with Crippen LogP contribution in [0.5, 0.6) is 5.75 Å². The molecule has 2 heterocycles. The normalized spacial score (nSPS) is 12.7. The molecule has 1 amide bonds. The minimum absolute atomic E-state index is 0.250. The Hall–Kier alpha value is -3.26. The molecule has 0 saturated heterocycles. The van der Waals surface area contributed by atoms with Gasteiger partial charge in [-0.2, -0.15) is 0 Å². The van der Waals surface area contributed by atoms with Crippen molar-refractivity contribution in [3.05, 3.63) is 71.0 Å². The molecule has 2 aromatic heterocycles. The first kappa shape index (κ1) is 23.4. The first-order valence-electron chi connectivity index (χ1n) is 10.2. The number of carbonyl (C=O) groups excluding carboxylic acids is 1. The van der Waals surface area contributed by atoms with Crippen LogP contribution in [0.25, 0.3) is 0 Å². The lowest BCUT2D eigenvalue weighted by Crippen LogP contribution is -2.20. The lowest BCUT2D eigenvalue weighted by molar-refractivity contribution is 0.102. The van der Waals surface area contributed by atoms with Gasteiger partial charge in [0.2, 0.25) is 0 Å². The van der Waals surface area contributed by atoms with E-state index in [2.05, 4.69) is 15.3 Å². The van der Waals surface area contributed by atoms with E-state index in [9.17, 15) is 9.00 Å². The number of benzene rings is 1. The largest absolute Gasteiger partial charge is 0.497 e. The van der Waals surface area contributed by atoms with Crippen LogP contribution in [0.2, 0.25) is 0 Å². The highest BCUT2D eigenvalue weighted by molar-refractivity contribution is 7.85. The number of ether oxygens (including phenoxy) is 1. The molecule has 0 aliphatic carbocycles. The fourth-order valence-electron chi connectivity index (χ4n) is 3.28. The minimum Gasteiger partial charge on any atom is -0.497 e. The van der Waals surface area contributed by atoms with E-state index in [1.54, 1.807) is 31.4 Å². The zero-order valence-electron chi connectivity index (χ0n) is 19.2. The fourth-order valence-corrected chi connectivity index (χ4v) is 4.58. The monoisotopic (exact) mass is 452 g/mol. The predicted octanol–water partition coefficient (Wildman–Crippen LogP) is 4.29. The van der Waals surface area contributed by atoms with E-state index in [1.807, 2.05) is 64.0 Å². The van der Waals surface area contributed by atoms with Gasteiger partial charge in [0.15, 0.2) is 0 Å². The van der Waals surface area contributed by atoms with Crippen LogP contribution in [0.1, 0.15) is 39.5 Å². The second kappa shape index (κ2) is 9.91. The summed E-state index contributed by atoms with van der Waals surface area (Å²) in [5, 5.41) is 2.77. The minimum atomic E-state index is -1.57. The number of nitrogens with zero attached hydrogens (tertiary/aromatic N) is 3. The molecule has 3 aromatic rings. The number of hydrogen-bond acceptors (Lipinski definition) is 6. The van der Waals surface area contributed by atoms with Crippen LogP contribution in [-0.2, 0) is 10.8 Å². The van der Waals surface area contributed by atoms with E-state index in [0.717, 1.165) is 22.7 Å². The number of nitrogens with one attached hydrogen (secondary N) is 1. The number of rotatable bonds is 7. The number of methoxy groups -OCH3 is 1. The van der Waals surface area contributed by atoms with Crippen LogP contribution < -0.4 is 15.0 Å². The van der Waals surface area contributed by atoms with Gasteiger partial charge in [0.1, 0.15) is 16.6 Å². The van der Waals surface area contributed by atoms with Crippen LogP contribution in [0.3, 0.4) is 0 Å². The van der Waals surface area contributed by atoms with Crippen LogP contribution in [0.15, 0.2) is 53.6 Å². The number of aromatic nitrogens is 2. The smallest absolute Gasteiger partial charge is 0.258 e. The Labute approximate surface area is 191 Å². The summed E-state index contributed by atoms with van der Waals surface area (Å²) in [5.41, 5.74) is 3.39. The van der Waals surface area contributed by atoms with Crippen LogP contribution in [-0.4, -0.2) is 41.3 Å². The van der Waals surface area contributed by atoms with Crippen LogP contribution >= 0.6 is 0 Å². The first-order chi connectivity index (χ1) is 15.2. The number of hydrogen-bond donors (Lipinski definition) is 1. The van der Waals surface area contributed by atoms with Crippen molar-refractivity contribution < 1.29 is 13.7 Å². The van der Waals surface area contributed by atoms with Gasteiger partial charge in [0.05, 0.1) is 28.7 Å². The number of aryl methyl sites for hydroxylation is 2. The molecule has 1 aromatic carbocycles. The third-order valence-electron chi connectivity index (χ3n) is 4.98.